The van der Waals surface area contributed by atoms with E-state index in [9.17, 15) is 112 Å². The highest BCUT2D eigenvalue weighted by Crippen LogP contribution is 2.43. The number of methoxy groups -OCH3 is 1. The van der Waals surface area contributed by atoms with Gasteiger partial charge in [0.1, 0.15) is 165 Å². The van der Waals surface area contributed by atoms with E-state index >= 15 is 0 Å². The van der Waals surface area contributed by atoms with Gasteiger partial charge >= 0.3 is 0 Å². The van der Waals surface area contributed by atoms with Crippen LogP contribution in [0.4, 0.5) is 0 Å². The number of carbonyl (C=O) groups is 1. The van der Waals surface area contributed by atoms with E-state index in [-0.39, 0.29) is 75.3 Å². The smallest absolute Gasteiger partial charge is 0.187 e. The first-order valence-corrected chi connectivity index (χ1v) is 48.4. The molecule has 53 nitrogen and oxygen atoms in total. The number of nitrogens with two attached hydrogens (primary N) is 12. The molecule has 832 valence electrons. The molecule has 0 bridgehead atoms. The molecule has 0 radical (unpaired) electrons. The fourth-order valence-corrected chi connectivity index (χ4v) is 19.5. The Hall–Kier alpha value is -3.71. The van der Waals surface area contributed by atoms with Crippen molar-refractivity contribution in [1.82, 2.24) is 0 Å². The number of Topliss-reactive ketones (excluding diaryl/α,β-unsaturated/α-hetero) is 1. The molecule has 4 aliphatic carbocycles. The number of allylic oxidation sites excluding steroid dienone is 2. The van der Waals surface area contributed by atoms with Crippen molar-refractivity contribution in [2.75, 3.05) is 46.6 Å². The third-order valence-corrected chi connectivity index (χ3v) is 28.0. The van der Waals surface area contributed by atoms with Crippen LogP contribution in [0.2, 0.25) is 0 Å². The highest BCUT2D eigenvalue weighted by atomic mass is 16.8. The third kappa shape index (κ3) is 31.3. The van der Waals surface area contributed by atoms with E-state index in [1.54, 1.807) is 37.3 Å². The SMILES string of the molecule is C=C(C)C[C@@H]1CC(N)[C@@H](O[C@H]2OC([C@@H](C)O)[C@@H](O)[C@H](O)C2N)[C@H](O[C@@H]2O[C@H](CN)[C@H](O)C2O)C1O.C=C(C)C[C@@H]1CC(N)[C@@H](O[C@H]2OC([C@@H](C)O)[C@@H](O)[C@H](O)C2N)[C@H](O[C@@H]2O[C@H]([C@H](C)N)[C@H](O)C2O)C1O.CO[C@@H](CO)O[C@H](CN)CO.C[C@@H](O)C1O[C@H](O[C@@H]2C(N)C[C@@H](CC(=O)c3ccccc3)C(O)[C@H]2O[C@@H]2O[C@H](CN)[C@H](O)C2O)C(N)[C@@H](O)[C@@H]1O.C[C@@H]1CC(N)[C@@H](O[C@H]2OC(CO)[C@@H](O)[C@H](O)C2N)CC1O. The lowest BCUT2D eigenvalue weighted by molar-refractivity contribution is -0.317. The van der Waals surface area contributed by atoms with Gasteiger partial charge in [-0.3, -0.25) is 4.79 Å². The maximum Gasteiger partial charge on any atom is 0.187 e. The summed E-state index contributed by atoms with van der Waals surface area (Å²) in [5, 5.41) is 244. The fraction of sp³-hybridized carbons (Fsp3) is 0.878. The van der Waals surface area contributed by atoms with Crippen LogP contribution in [-0.2, 0) is 75.8 Å². The molecule has 0 spiro atoms. The van der Waals surface area contributed by atoms with Crippen LogP contribution < -0.4 is 68.8 Å². The fourth-order valence-electron chi connectivity index (χ4n) is 19.5. The average Bonchev–Trinajstić information content (AvgIpc) is 1.77. The van der Waals surface area contributed by atoms with Crippen LogP contribution in [0.25, 0.3) is 0 Å². The Labute approximate surface area is 829 Å². The molecule has 4 saturated carbocycles. The second-order valence-electron chi connectivity index (χ2n) is 39.7. The Morgan fingerprint density at radius 3 is 1.03 bits per heavy atom. The van der Waals surface area contributed by atoms with Crippen LogP contribution in [0, 0.1) is 23.7 Å². The van der Waals surface area contributed by atoms with Crippen LogP contribution in [0.3, 0.4) is 0 Å². The van der Waals surface area contributed by atoms with Crippen molar-refractivity contribution >= 4 is 5.78 Å². The molecule has 1 aromatic carbocycles. The number of hydrogen-bond acceptors (Lipinski definition) is 53. The number of ether oxygens (including phenoxy) is 16. The van der Waals surface area contributed by atoms with Crippen molar-refractivity contribution in [3.63, 3.8) is 0 Å². The van der Waals surface area contributed by atoms with Crippen LogP contribution in [0.1, 0.15) is 110 Å². The van der Waals surface area contributed by atoms with Gasteiger partial charge in [-0.1, -0.05) is 48.4 Å². The van der Waals surface area contributed by atoms with Gasteiger partial charge in [0.25, 0.3) is 0 Å². The van der Waals surface area contributed by atoms with E-state index in [4.69, 9.17) is 160 Å². The molecular formula is C90H166N12O41. The van der Waals surface area contributed by atoms with Crippen molar-refractivity contribution in [3.8, 4) is 0 Å². The molecule has 0 aromatic heterocycles. The maximum atomic E-state index is 13.0. The molecule has 1 aromatic rings. The van der Waals surface area contributed by atoms with Gasteiger partial charge in [-0.25, -0.2) is 0 Å². The monoisotopic (exact) mass is 2070 g/mol. The topological polar surface area (TPSA) is 963 Å². The molecule has 143 heavy (non-hydrogen) atoms. The van der Waals surface area contributed by atoms with Crippen molar-refractivity contribution < 1.29 is 203 Å². The lowest BCUT2D eigenvalue weighted by atomic mass is 9.76. The van der Waals surface area contributed by atoms with Crippen LogP contribution >= 0.6 is 0 Å². The Kier molecular flexibility index (Phi) is 49.4. The maximum absolute atomic E-state index is 13.0. The summed E-state index contributed by atoms with van der Waals surface area (Å²) in [4.78, 5) is 13.0. The number of benzene rings is 1. The standard InChI is InChI=1S/C26H41N3O11.C23H43N3O10.C22H41N3O10.C13H26N2O6.C6H15NO4/c1-10(30)22-20(35)19(34)16(29)25(38-22)39-23-13(28)7-12(8-14(31)11-5-3-2-4-6-11)17(32)24(23)40-26-21(36)18(33)15(9-27)37-26;1-7(2)5-10-6-11(25)20(35-22-12(26)14(29)15(30)19(34-22)9(4)27)21(13(10)28)36-23-17(32)16(31)18(33-23)8(3)24;1-7(2)4-9-5-10(24)19(34-21-12(25)15(29)16(30)18(33-21)8(3)26)20(13(9)27)35-22-17(31)14(28)11(6-23)32-22;1-5-2-6(14)8(3-7(5)17)20-13-10(15)12(19)11(18)9(4-16)21-13;1-10-6(4-9)11-5(2-7)3-8/h2-6,10,12-13,15-26,30,32-36H,7-9,27-29H2,1H3;8-23,27-32H,1,5-6,24-26H2,2-4H3;8-22,26-31H,1,4-6,23-25H2,2-3H3;5-13,16-19H,2-4,14-15H2,1H3;5-6,8-9H,2-4,7H2,1H3/t10-,12+,13?,15-,16?,17?,18+,19-,20+,21?,22?,23-,24-,25-,26+;8-,9+,10+,11?,12?,13?,14+,15-,16+,17?,18+,19?,20+,21+,22+,23-;8-,9-,10?,11-,12?,13?,14+,15-,16+,17?,18?,19-,20-,21-,22+;5-,6?,7?,8+,9?,10?,11-,12-,13+;5-,6-/m10111/s1. The van der Waals surface area contributed by atoms with E-state index in [2.05, 4.69) is 13.2 Å². The van der Waals surface area contributed by atoms with Gasteiger partial charge in [-0.15, -0.1) is 13.2 Å². The molecule has 0 amide bonds. The molecule has 48 N–H and O–H groups in total. The van der Waals surface area contributed by atoms with E-state index in [0.717, 1.165) is 11.1 Å². The highest BCUT2D eigenvalue weighted by molar-refractivity contribution is 5.96. The van der Waals surface area contributed by atoms with Gasteiger partial charge in [-0.2, -0.15) is 0 Å². The second-order valence-corrected chi connectivity index (χ2v) is 39.7. The van der Waals surface area contributed by atoms with Gasteiger partial charge in [0.05, 0.1) is 98.9 Å². The van der Waals surface area contributed by atoms with Crippen molar-refractivity contribution in [1.29, 1.82) is 0 Å². The van der Waals surface area contributed by atoms with Crippen LogP contribution in [0.15, 0.2) is 54.6 Å². The number of carbonyl (C=O) groups excluding carboxylic acids is 1. The van der Waals surface area contributed by atoms with Crippen molar-refractivity contribution in [2.24, 2.45) is 92.5 Å². The Morgan fingerprint density at radius 2 is 0.713 bits per heavy atom. The normalized spacial score (nSPS) is 46.1. The first-order chi connectivity index (χ1) is 67.2. The average molecular weight is 2070 g/mol. The molecule has 19 unspecified atom stereocenters. The number of ketones is 1. The molecule has 11 aliphatic rings. The zero-order chi connectivity index (χ0) is 107. The minimum absolute atomic E-state index is 0.0608. The quantitative estimate of drug-likeness (QED) is 0.0173. The molecule has 7 saturated heterocycles. The minimum Gasteiger partial charge on any atom is -0.394 e. The number of hydrogen-bond donors (Lipinski definition) is 36. The summed E-state index contributed by atoms with van der Waals surface area (Å²) in [5.41, 5.74) is 73.8. The van der Waals surface area contributed by atoms with Gasteiger partial charge < -0.3 is 267 Å². The number of rotatable bonds is 34. The molecule has 57 atom stereocenters. The van der Waals surface area contributed by atoms with E-state index in [0.29, 0.717) is 44.1 Å². The largest absolute Gasteiger partial charge is 0.394 e. The van der Waals surface area contributed by atoms with E-state index in [1.807, 2.05) is 20.8 Å². The zero-order valence-electron chi connectivity index (χ0n) is 81.7. The lowest BCUT2D eigenvalue weighted by Gasteiger charge is -2.48. The highest BCUT2D eigenvalue weighted by Gasteiger charge is 2.59. The Balaban J connectivity index is 0.000000229. The lowest BCUT2D eigenvalue weighted by Crippen LogP contribution is -2.67. The third-order valence-electron chi connectivity index (χ3n) is 28.0. The van der Waals surface area contributed by atoms with E-state index in [1.165, 1.54) is 27.9 Å². The van der Waals surface area contributed by atoms with Gasteiger partial charge in [0.15, 0.2) is 56.1 Å². The van der Waals surface area contributed by atoms with Crippen molar-refractivity contribution in [3.05, 3.63) is 60.2 Å². The predicted molar refractivity (Wildman–Crippen MR) is 496 cm³/mol. The summed E-state index contributed by atoms with van der Waals surface area (Å²) >= 11 is 0. The van der Waals surface area contributed by atoms with Gasteiger partial charge in [0, 0.05) is 75.4 Å². The zero-order valence-corrected chi connectivity index (χ0v) is 81.7. The molecule has 7 aliphatic heterocycles. The molecular weight excluding hydrogens is 1910 g/mol. The Morgan fingerprint density at radius 1 is 0.392 bits per heavy atom. The van der Waals surface area contributed by atoms with Crippen LogP contribution in [-0.4, -0.2) is 499 Å². The van der Waals surface area contributed by atoms with Gasteiger partial charge in [-0.05, 0) is 104 Å². The summed E-state index contributed by atoms with van der Waals surface area (Å²) in [5.74, 6) is -1.51. The molecule has 53 heteroatoms. The summed E-state index contributed by atoms with van der Waals surface area (Å²) < 4.78 is 90.6. The van der Waals surface area contributed by atoms with Crippen LogP contribution in [0.5, 0.6) is 0 Å². The predicted octanol–water partition coefficient (Wildman–Crippen LogP) is -15.8. The molecule has 7 heterocycles. The second kappa shape index (κ2) is 56.8. The summed E-state index contributed by atoms with van der Waals surface area (Å²) in [7, 11) is 1.41. The van der Waals surface area contributed by atoms with Crippen molar-refractivity contribution in [2.45, 2.75) is 424 Å². The number of aliphatic hydroxyl groups is 24. The summed E-state index contributed by atoms with van der Waals surface area (Å²) in [6.45, 7) is 18.3. The molecule has 11 fully saturated rings. The number of aliphatic hydroxyl groups excluding tert-OH is 24. The first kappa shape index (κ1) is 124. The minimum atomic E-state index is -1.51. The summed E-state index contributed by atoms with van der Waals surface area (Å²) in [6.07, 6.45) is -49.6. The van der Waals surface area contributed by atoms with E-state index < -0.39 is 331 Å². The molecule has 12 rings (SSSR count). The Bertz CT molecular complexity index is 3860. The summed E-state index contributed by atoms with van der Waals surface area (Å²) in [6, 6.07) is 0.790. The van der Waals surface area contributed by atoms with Gasteiger partial charge in [0.2, 0.25) is 0 Å². The first-order valence-electron chi connectivity index (χ1n) is 48.4.